The number of nitrogens with zero attached hydrogens (tertiary/aromatic N) is 2. The number of benzene rings is 3. The highest BCUT2D eigenvalue weighted by molar-refractivity contribution is 6.22. The number of aromatic nitrogens is 1. The van der Waals surface area contributed by atoms with E-state index in [-0.39, 0.29) is 11.8 Å². The second-order valence-electron chi connectivity index (χ2n) is 8.26. The van der Waals surface area contributed by atoms with E-state index < -0.39 is 0 Å². The van der Waals surface area contributed by atoms with Crippen LogP contribution in [0.3, 0.4) is 0 Å². The van der Waals surface area contributed by atoms with Gasteiger partial charge in [-0.3, -0.25) is 4.79 Å². The Morgan fingerprint density at radius 1 is 1.03 bits per heavy atom. The van der Waals surface area contributed by atoms with Gasteiger partial charge in [-0.15, -0.1) is 0 Å². The van der Waals surface area contributed by atoms with Crippen LogP contribution in [0.2, 0.25) is 0 Å². The fourth-order valence-electron chi connectivity index (χ4n) is 4.16. The number of methoxy groups -OCH3 is 2. The van der Waals surface area contributed by atoms with Gasteiger partial charge in [-0.2, -0.15) is 0 Å². The van der Waals surface area contributed by atoms with Crippen LogP contribution in [0.1, 0.15) is 24.5 Å². The summed E-state index contributed by atoms with van der Waals surface area (Å²) >= 11 is 0. The maximum Gasteiger partial charge on any atom is 0.223 e. The van der Waals surface area contributed by atoms with E-state index in [4.69, 9.17) is 20.2 Å². The van der Waals surface area contributed by atoms with Crippen LogP contribution in [-0.2, 0) is 4.79 Å². The van der Waals surface area contributed by atoms with Gasteiger partial charge in [0.25, 0.3) is 0 Å². The van der Waals surface area contributed by atoms with Gasteiger partial charge in [-0.1, -0.05) is 30.3 Å². The summed E-state index contributed by atoms with van der Waals surface area (Å²) in [4.78, 5) is 21.8. The predicted octanol–water partition coefficient (Wildman–Crippen LogP) is 4.76. The highest BCUT2D eigenvalue weighted by atomic mass is 16.5. The second-order valence-corrected chi connectivity index (χ2v) is 8.26. The molecule has 0 aliphatic carbocycles. The van der Waals surface area contributed by atoms with Crippen molar-refractivity contribution < 1.29 is 19.4 Å². The number of amides is 1. The normalized spacial score (nSPS) is 11.5. The van der Waals surface area contributed by atoms with Crippen LogP contribution in [0.5, 0.6) is 17.4 Å². The molecule has 8 nitrogen and oxygen atoms in total. The summed E-state index contributed by atoms with van der Waals surface area (Å²) < 4.78 is 10.9. The van der Waals surface area contributed by atoms with Gasteiger partial charge in [0.1, 0.15) is 0 Å². The zero-order valence-electron chi connectivity index (χ0n) is 20.6. The first-order chi connectivity index (χ1) is 17.5. The highest BCUT2D eigenvalue weighted by Gasteiger charge is 2.21. The number of H-pyrrole nitrogens is 1. The van der Waals surface area contributed by atoms with Crippen molar-refractivity contribution in [3.8, 4) is 17.4 Å². The Bertz CT molecular complexity index is 1380. The minimum absolute atomic E-state index is 0.0101. The Balaban J connectivity index is 1.84. The summed E-state index contributed by atoms with van der Waals surface area (Å²) in [6.45, 7) is 2.61. The summed E-state index contributed by atoms with van der Waals surface area (Å²) in [6, 6.07) is 20.7. The Morgan fingerprint density at radius 2 is 1.69 bits per heavy atom. The third-order valence-corrected chi connectivity index (χ3v) is 5.94. The van der Waals surface area contributed by atoms with Crippen LogP contribution in [0.25, 0.3) is 10.9 Å². The second kappa shape index (κ2) is 11.0. The van der Waals surface area contributed by atoms with Gasteiger partial charge < -0.3 is 30.2 Å². The van der Waals surface area contributed by atoms with Crippen LogP contribution in [0.4, 0.5) is 11.4 Å². The molecule has 0 bridgehead atoms. The number of carbonyl (C=O) groups excluding carboxylic acids is 1. The number of anilines is 1. The molecule has 36 heavy (non-hydrogen) atoms. The quantitative estimate of drug-likeness (QED) is 0.295. The number of hydrogen-bond acceptors (Lipinski definition) is 6. The molecule has 0 radical (unpaired) electrons. The van der Waals surface area contributed by atoms with Crippen molar-refractivity contribution in [3.05, 3.63) is 77.9 Å². The molecule has 0 atom stereocenters. The van der Waals surface area contributed by atoms with Gasteiger partial charge in [0.15, 0.2) is 17.4 Å². The smallest absolute Gasteiger partial charge is 0.223 e. The highest BCUT2D eigenvalue weighted by Crippen LogP contribution is 2.38. The van der Waals surface area contributed by atoms with Crippen molar-refractivity contribution in [3.63, 3.8) is 0 Å². The molecular formula is C28H30N4O4. The van der Waals surface area contributed by atoms with Crippen molar-refractivity contribution in [2.75, 3.05) is 32.2 Å². The largest absolute Gasteiger partial charge is 0.494 e. The molecule has 0 aliphatic rings. The molecule has 4 aromatic rings. The van der Waals surface area contributed by atoms with Crippen molar-refractivity contribution in [1.82, 2.24) is 4.98 Å². The van der Waals surface area contributed by atoms with Gasteiger partial charge in [-0.25, -0.2) is 4.99 Å². The molecule has 0 fully saturated rings. The van der Waals surface area contributed by atoms with E-state index in [1.54, 1.807) is 32.1 Å². The summed E-state index contributed by atoms with van der Waals surface area (Å²) in [5, 5.41) is 11.7. The maximum atomic E-state index is 12.1. The zero-order chi connectivity index (χ0) is 25.7. The molecule has 1 heterocycles. The molecule has 4 N–H and O–H groups in total. The van der Waals surface area contributed by atoms with Gasteiger partial charge in [0.2, 0.25) is 5.91 Å². The third kappa shape index (κ3) is 5.04. The number of carbonyl (C=O) groups is 1. The minimum Gasteiger partial charge on any atom is -0.494 e. The van der Waals surface area contributed by atoms with E-state index in [1.165, 1.54) is 0 Å². The standard InChI is InChI=1S/C28H30N4O4/c1-18(33)32(15-7-14-29)21-12-10-20(11-13-21)30-27(19-8-5-4-6-9-19)26-22-16-24(35-2)25(36-3)17-23(22)31-28(26)34/h4-6,8-13,16-17,31,34H,7,14-15,29H2,1-3H3. The Labute approximate surface area is 210 Å². The van der Waals surface area contributed by atoms with Crippen LogP contribution in [-0.4, -0.2) is 49.0 Å². The average molecular weight is 487 g/mol. The SMILES string of the molecule is COc1cc2[nH]c(O)c(C(=Nc3ccc(N(CCCN)C(C)=O)cc3)c3ccccc3)c2cc1OC. The van der Waals surface area contributed by atoms with E-state index in [2.05, 4.69) is 4.98 Å². The first-order valence-electron chi connectivity index (χ1n) is 11.7. The third-order valence-electron chi connectivity index (χ3n) is 5.94. The van der Waals surface area contributed by atoms with E-state index >= 15 is 0 Å². The van der Waals surface area contributed by atoms with E-state index in [0.29, 0.717) is 53.5 Å². The number of fused-ring (bicyclic) bond motifs is 1. The molecule has 1 amide bonds. The Hall–Kier alpha value is -4.30. The number of nitrogens with one attached hydrogen (secondary N) is 1. The number of aromatic amines is 1. The molecule has 4 rings (SSSR count). The molecule has 3 aromatic carbocycles. The van der Waals surface area contributed by atoms with E-state index in [0.717, 1.165) is 16.6 Å². The molecule has 1 aromatic heterocycles. The summed E-state index contributed by atoms with van der Waals surface area (Å²) in [5.41, 5.74) is 9.75. The fraction of sp³-hybridized carbons (Fsp3) is 0.214. The Kier molecular flexibility index (Phi) is 7.56. The molecule has 0 spiro atoms. The van der Waals surface area contributed by atoms with Crippen LogP contribution >= 0.6 is 0 Å². The molecule has 0 aliphatic heterocycles. The number of nitrogens with two attached hydrogens (primary N) is 1. The van der Waals surface area contributed by atoms with Crippen molar-refractivity contribution in [2.45, 2.75) is 13.3 Å². The van der Waals surface area contributed by atoms with Crippen molar-refractivity contribution in [2.24, 2.45) is 10.7 Å². The van der Waals surface area contributed by atoms with E-state index in [9.17, 15) is 9.90 Å². The van der Waals surface area contributed by atoms with Crippen molar-refractivity contribution in [1.29, 1.82) is 0 Å². The molecule has 186 valence electrons. The van der Waals surface area contributed by atoms with Gasteiger partial charge in [-0.05, 0) is 43.3 Å². The lowest BCUT2D eigenvalue weighted by molar-refractivity contribution is -0.116. The summed E-state index contributed by atoms with van der Waals surface area (Å²) in [6.07, 6.45) is 0.714. The van der Waals surface area contributed by atoms with Crippen LogP contribution in [0, 0.1) is 0 Å². The molecule has 0 saturated carbocycles. The number of ether oxygens (including phenoxy) is 2. The number of aliphatic imine (C=N–C) groups is 1. The summed E-state index contributed by atoms with van der Waals surface area (Å²) in [7, 11) is 3.14. The number of rotatable bonds is 9. The first-order valence-corrected chi connectivity index (χ1v) is 11.7. The molecule has 8 heteroatoms. The van der Waals surface area contributed by atoms with Gasteiger partial charge >= 0.3 is 0 Å². The van der Waals surface area contributed by atoms with Crippen LogP contribution in [0.15, 0.2) is 71.7 Å². The topological polar surface area (TPSA) is 113 Å². The monoisotopic (exact) mass is 486 g/mol. The number of aromatic hydroxyl groups is 1. The lowest BCUT2D eigenvalue weighted by Crippen LogP contribution is -2.30. The molecule has 0 saturated heterocycles. The van der Waals surface area contributed by atoms with Gasteiger partial charge in [0.05, 0.1) is 36.7 Å². The van der Waals surface area contributed by atoms with E-state index in [1.807, 2.05) is 60.7 Å². The lowest BCUT2D eigenvalue weighted by Gasteiger charge is -2.21. The summed E-state index contributed by atoms with van der Waals surface area (Å²) in [5.74, 6) is 1.04. The lowest BCUT2D eigenvalue weighted by atomic mass is 10.0. The average Bonchev–Trinajstić information content (AvgIpc) is 3.21. The van der Waals surface area contributed by atoms with Crippen LogP contribution < -0.4 is 20.1 Å². The van der Waals surface area contributed by atoms with Gasteiger partial charge in [0, 0.05) is 36.2 Å². The molecular weight excluding hydrogens is 456 g/mol. The zero-order valence-corrected chi connectivity index (χ0v) is 20.6. The first kappa shape index (κ1) is 24.8. The van der Waals surface area contributed by atoms with Crippen molar-refractivity contribution >= 4 is 33.9 Å². The number of hydrogen-bond donors (Lipinski definition) is 3. The Morgan fingerprint density at radius 3 is 2.31 bits per heavy atom. The predicted molar refractivity (Wildman–Crippen MR) is 143 cm³/mol. The maximum absolute atomic E-state index is 12.1. The molecule has 0 unspecified atom stereocenters. The minimum atomic E-state index is -0.0437. The fourth-order valence-corrected chi connectivity index (χ4v) is 4.16.